The van der Waals surface area contributed by atoms with Crippen LogP contribution < -0.4 is 5.32 Å². The van der Waals surface area contributed by atoms with Crippen molar-refractivity contribution in [2.24, 2.45) is 0 Å². The van der Waals surface area contributed by atoms with Gasteiger partial charge in [0.1, 0.15) is 0 Å². The van der Waals surface area contributed by atoms with Crippen LogP contribution in [0.1, 0.15) is 35.6 Å². The molecule has 5 heteroatoms. The van der Waals surface area contributed by atoms with E-state index in [4.69, 9.17) is 16.3 Å². The molecule has 2 aromatic rings. The second-order valence-electron chi connectivity index (χ2n) is 6.90. The lowest BCUT2D eigenvalue weighted by Crippen LogP contribution is -2.50. The normalized spacial score (nSPS) is 20.5. The molecule has 4 nitrogen and oxygen atoms in total. The summed E-state index contributed by atoms with van der Waals surface area (Å²) in [6.07, 6.45) is 2.60. The molecule has 26 heavy (non-hydrogen) atoms. The number of nitrogens with one attached hydrogen (secondary N) is 1. The Labute approximate surface area is 159 Å². The molecule has 1 atom stereocenters. The highest BCUT2D eigenvalue weighted by atomic mass is 35.5. The fourth-order valence-corrected chi connectivity index (χ4v) is 4.16. The van der Waals surface area contributed by atoms with Gasteiger partial charge in [-0.25, -0.2) is 4.79 Å². The molecule has 0 bridgehead atoms. The quantitative estimate of drug-likeness (QED) is 0.861. The number of hydrogen-bond acceptors (Lipinski definition) is 2. The first-order valence-electron chi connectivity index (χ1n) is 9.21. The highest BCUT2D eigenvalue weighted by Gasteiger charge is 2.33. The number of rotatable bonds is 2. The third-order valence-corrected chi connectivity index (χ3v) is 5.64. The van der Waals surface area contributed by atoms with E-state index in [0.717, 1.165) is 30.4 Å². The number of urea groups is 1. The van der Waals surface area contributed by atoms with Crippen LogP contribution in [0.25, 0.3) is 0 Å². The van der Waals surface area contributed by atoms with Gasteiger partial charge in [0.05, 0.1) is 6.04 Å². The monoisotopic (exact) mass is 370 g/mol. The molecule has 1 unspecified atom stereocenters. The molecule has 1 N–H and O–H groups in total. The molecule has 0 spiro atoms. The third kappa shape index (κ3) is 3.44. The van der Waals surface area contributed by atoms with E-state index >= 15 is 0 Å². The third-order valence-electron chi connectivity index (χ3n) is 5.29. The zero-order chi connectivity index (χ0) is 17.9. The van der Waals surface area contributed by atoms with Gasteiger partial charge in [-0.2, -0.15) is 0 Å². The van der Waals surface area contributed by atoms with Gasteiger partial charge in [-0.1, -0.05) is 54.1 Å². The van der Waals surface area contributed by atoms with Crippen molar-refractivity contribution in [3.8, 4) is 0 Å². The maximum absolute atomic E-state index is 13.1. The molecule has 0 aromatic heterocycles. The second-order valence-corrected chi connectivity index (χ2v) is 7.31. The van der Waals surface area contributed by atoms with Gasteiger partial charge < -0.3 is 15.0 Å². The molecular weight excluding hydrogens is 348 g/mol. The summed E-state index contributed by atoms with van der Waals surface area (Å²) in [5.41, 5.74) is 3.42. The van der Waals surface area contributed by atoms with Crippen LogP contribution in [0.2, 0.25) is 5.02 Å². The topological polar surface area (TPSA) is 41.6 Å². The van der Waals surface area contributed by atoms with Gasteiger partial charge >= 0.3 is 6.03 Å². The SMILES string of the molecule is O=C(NC1CCOCC1)N1CCc2ccccc2C1c1ccccc1Cl. The average Bonchev–Trinajstić information content (AvgIpc) is 2.68. The Morgan fingerprint density at radius 1 is 1.04 bits per heavy atom. The lowest BCUT2D eigenvalue weighted by molar-refractivity contribution is 0.0772. The van der Waals surface area contributed by atoms with Crippen molar-refractivity contribution in [3.63, 3.8) is 0 Å². The summed E-state index contributed by atoms with van der Waals surface area (Å²) in [5.74, 6) is 0. The standard InChI is InChI=1S/C21H23ClN2O2/c22-19-8-4-3-7-18(19)20-17-6-2-1-5-15(17)9-12-24(20)21(25)23-16-10-13-26-14-11-16/h1-8,16,20H,9-14H2,(H,23,25). The molecule has 2 aliphatic rings. The largest absolute Gasteiger partial charge is 0.381 e. The van der Waals surface area contributed by atoms with Crippen molar-refractivity contribution < 1.29 is 9.53 Å². The van der Waals surface area contributed by atoms with E-state index in [1.54, 1.807) is 0 Å². The van der Waals surface area contributed by atoms with Gasteiger partial charge in [-0.15, -0.1) is 0 Å². The fraction of sp³-hybridized carbons (Fsp3) is 0.381. The molecule has 2 amide bonds. The van der Waals surface area contributed by atoms with Crippen LogP contribution in [0.4, 0.5) is 4.79 Å². The number of carbonyl (C=O) groups excluding carboxylic acids is 1. The lowest BCUT2D eigenvalue weighted by atomic mass is 9.88. The minimum Gasteiger partial charge on any atom is -0.381 e. The Bertz CT molecular complexity index is 789. The van der Waals surface area contributed by atoms with Crippen molar-refractivity contribution in [1.82, 2.24) is 10.2 Å². The zero-order valence-electron chi connectivity index (χ0n) is 14.7. The van der Waals surface area contributed by atoms with Crippen molar-refractivity contribution in [3.05, 3.63) is 70.2 Å². The number of benzene rings is 2. The molecule has 136 valence electrons. The zero-order valence-corrected chi connectivity index (χ0v) is 15.4. The van der Waals surface area contributed by atoms with Gasteiger partial charge in [-0.3, -0.25) is 0 Å². The van der Waals surface area contributed by atoms with E-state index in [-0.39, 0.29) is 18.1 Å². The molecule has 0 aliphatic carbocycles. The Kier molecular flexibility index (Phi) is 5.14. The van der Waals surface area contributed by atoms with E-state index in [9.17, 15) is 4.79 Å². The van der Waals surface area contributed by atoms with E-state index in [1.165, 1.54) is 5.56 Å². The van der Waals surface area contributed by atoms with E-state index in [2.05, 4.69) is 23.5 Å². The maximum Gasteiger partial charge on any atom is 0.318 e. The van der Waals surface area contributed by atoms with Gasteiger partial charge in [0.2, 0.25) is 0 Å². The second kappa shape index (κ2) is 7.68. The number of hydrogen-bond donors (Lipinski definition) is 1. The number of halogens is 1. The molecule has 0 radical (unpaired) electrons. The van der Waals surface area contributed by atoms with Crippen LogP contribution in [0.5, 0.6) is 0 Å². The summed E-state index contributed by atoms with van der Waals surface area (Å²) >= 11 is 6.51. The van der Waals surface area contributed by atoms with Crippen molar-refractivity contribution >= 4 is 17.6 Å². The number of amides is 2. The smallest absolute Gasteiger partial charge is 0.318 e. The molecule has 0 saturated carbocycles. The summed E-state index contributed by atoms with van der Waals surface area (Å²) in [4.78, 5) is 15.0. The Balaban J connectivity index is 1.66. The first-order valence-corrected chi connectivity index (χ1v) is 9.59. The van der Waals surface area contributed by atoms with Crippen molar-refractivity contribution in [2.75, 3.05) is 19.8 Å². The molecule has 2 heterocycles. The van der Waals surface area contributed by atoms with Crippen LogP contribution in [-0.2, 0) is 11.2 Å². The fourth-order valence-electron chi connectivity index (χ4n) is 3.92. The van der Waals surface area contributed by atoms with Crippen LogP contribution in [0.15, 0.2) is 48.5 Å². The van der Waals surface area contributed by atoms with Crippen LogP contribution in [0.3, 0.4) is 0 Å². The van der Waals surface area contributed by atoms with Gasteiger partial charge in [0.15, 0.2) is 0 Å². The van der Waals surface area contributed by atoms with E-state index < -0.39 is 0 Å². The Morgan fingerprint density at radius 2 is 1.73 bits per heavy atom. The predicted octanol–water partition coefficient (Wildman–Crippen LogP) is 4.18. The highest BCUT2D eigenvalue weighted by molar-refractivity contribution is 6.31. The van der Waals surface area contributed by atoms with Crippen molar-refractivity contribution in [2.45, 2.75) is 31.3 Å². The summed E-state index contributed by atoms with van der Waals surface area (Å²) < 4.78 is 5.40. The molecule has 2 aromatic carbocycles. The Morgan fingerprint density at radius 3 is 2.50 bits per heavy atom. The maximum atomic E-state index is 13.1. The number of ether oxygens (including phenoxy) is 1. The molecular formula is C21H23ClN2O2. The highest BCUT2D eigenvalue weighted by Crippen LogP contribution is 2.38. The van der Waals surface area contributed by atoms with Crippen LogP contribution in [-0.4, -0.2) is 36.7 Å². The van der Waals surface area contributed by atoms with E-state index in [0.29, 0.717) is 24.8 Å². The molecule has 2 aliphatic heterocycles. The lowest BCUT2D eigenvalue weighted by Gasteiger charge is -2.39. The molecule has 1 fully saturated rings. The number of fused-ring (bicyclic) bond motifs is 1. The minimum absolute atomic E-state index is 0.0173. The van der Waals surface area contributed by atoms with Crippen molar-refractivity contribution in [1.29, 1.82) is 0 Å². The summed E-state index contributed by atoms with van der Waals surface area (Å²) in [5, 5.41) is 3.90. The molecule has 4 rings (SSSR count). The van der Waals surface area contributed by atoms with Gasteiger partial charge in [-0.05, 0) is 42.0 Å². The van der Waals surface area contributed by atoms with E-state index in [1.807, 2.05) is 35.2 Å². The number of nitrogens with zero attached hydrogens (tertiary/aromatic N) is 1. The first-order chi connectivity index (χ1) is 12.7. The molecule has 1 saturated heterocycles. The summed E-state index contributed by atoms with van der Waals surface area (Å²) in [7, 11) is 0. The predicted molar refractivity (Wildman–Crippen MR) is 103 cm³/mol. The van der Waals surface area contributed by atoms with Crippen LogP contribution in [0, 0.1) is 0 Å². The summed E-state index contributed by atoms with van der Waals surface area (Å²) in [6.45, 7) is 2.10. The first kappa shape index (κ1) is 17.4. The minimum atomic E-state index is -0.159. The Hall–Kier alpha value is -2.04. The number of carbonyl (C=O) groups is 1. The van der Waals surface area contributed by atoms with Gasteiger partial charge in [0, 0.05) is 30.8 Å². The van der Waals surface area contributed by atoms with Crippen LogP contribution >= 0.6 is 11.6 Å². The van der Waals surface area contributed by atoms with Gasteiger partial charge in [0.25, 0.3) is 0 Å². The summed E-state index contributed by atoms with van der Waals surface area (Å²) in [6, 6.07) is 16.2. The average molecular weight is 371 g/mol.